The van der Waals surface area contributed by atoms with Gasteiger partial charge in [0.25, 0.3) is 0 Å². The molecule has 0 unspecified atom stereocenters. The monoisotopic (exact) mass is 300 g/mol. The van der Waals surface area contributed by atoms with Gasteiger partial charge in [-0.2, -0.15) is 0 Å². The lowest BCUT2D eigenvalue weighted by molar-refractivity contribution is 0.629. The molecular formula is C11H10BrFN2S. The van der Waals surface area contributed by atoms with E-state index >= 15 is 0 Å². The Kier molecular flexibility index (Phi) is 3.46. The number of halogens is 2. The van der Waals surface area contributed by atoms with Crippen molar-refractivity contribution in [2.24, 2.45) is 0 Å². The first kappa shape index (κ1) is 11.4. The fourth-order valence-corrected chi connectivity index (χ4v) is 2.78. The molecule has 2 nitrogen and oxygen atoms in total. The largest absolute Gasteiger partial charge is 0.399 e. The first-order valence-electron chi connectivity index (χ1n) is 4.67. The van der Waals surface area contributed by atoms with Crippen LogP contribution in [0, 0.1) is 5.82 Å². The smallest absolute Gasteiger partial charge is 0.127 e. The molecule has 16 heavy (non-hydrogen) atoms. The zero-order valence-corrected chi connectivity index (χ0v) is 10.7. The highest BCUT2D eigenvalue weighted by molar-refractivity contribution is 9.10. The summed E-state index contributed by atoms with van der Waals surface area (Å²) >= 11 is 5.08. The second-order valence-electron chi connectivity index (χ2n) is 3.32. The molecule has 0 aliphatic heterocycles. The fourth-order valence-electron chi connectivity index (χ4n) is 1.35. The SMILES string of the molecule is Nc1cc(F)cc(NCc2sccc2Br)c1. The van der Waals surface area contributed by atoms with Crippen LogP contribution in [0.15, 0.2) is 34.1 Å². The zero-order valence-electron chi connectivity index (χ0n) is 8.34. The number of benzene rings is 1. The average Bonchev–Trinajstić information content (AvgIpc) is 2.59. The molecule has 1 aromatic carbocycles. The maximum Gasteiger partial charge on any atom is 0.127 e. The van der Waals surface area contributed by atoms with Crippen molar-refractivity contribution < 1.29 is 4.39 Å². The van der Waals surface area contributed by atoms with Crippen molar-refractivity contribution in [3.8, 4) is 0 Å². The summed E-state index contributed by atoms with van der Waals surface area (Å²) in [4.78, 5) is 1.17. The summed E-state index contributed by atoms with van der Waals surface area (Å²) in [6.45, 7) is 0.654. The average molecular weight is 301 g/mol. The van der Waals surface area contributed by atoms with Gasteiger partial charge >= 0.3 is 0 Å². The number of nitrogens with two attached hydrogens (primary N) is 1. The summed E-state index contributed by atoms with van der Waals surface area (Å²) in [6, 6.07) is 6.43. The highest BCUT2D eigenvalue weighted by atomic mass is 79.9. The second-order valence-corrected chi connectivity index (χ2v) is 5.17. The lowest BCUT2D eigenvalue weighted by Crippen LogP contribution is -1.99. The Morgan fingerprint density at radius 3 is 2.81 bits per heavy atom. The van der Waals surface area contributed by atoms with Gasteiger partial charge in [-0.15, -0.1) is 11.3 Å². The Morgan fingerprint density at radius 1 is 1.38 bits per heavy atom. The van der Waals surface area contributed by atoms with E-state index in [0.717, 1.165) is 4.47 Å². The third-order valence-corrected chi connectivity index (χ3v) is 3.99. The molecule has 0 atom stereocenters. The van der Waals surface area contributed by atoms with Crippen molar-refractivity contribution in [3.05, 3.63) is 44.8 Å². The Balaban J connectivity index is 2.07. The second kappa shape index (κ2) is 4.84. The van der Waals surface area contributed by atoms with Crippen molar-refractivity contribution in [1.29, 1.82) is 0 Å². The third kappa shape index (κ3) is 2.74. The number of nitrogen functional groups attached to an aromatic ring is 1. The van der Waals surface area contributed by atoms with Crippen LogP contribution in [0.1, 0.15) is 4.88 Å². The lowest BCUT2D eigenvalue weighted by Gasteiger charge is -2.06. The maximum atomic E-state index is 13.0. The number of hydrogen-bond acceptors (Lipinski definition) is 3. The van der Waals surface area contributed by atoms with Crippen molar-refractivity contribution in [2.75, 3.05) is 11.1 Å². The number of hydrogen-bond donors (Lipinski definition) is 2. The zero-order chi connectivity index (χ0) is 11.5. The Hall–Kier alpha value is -1.07. The van der Waals surface area contributed by atoms with Crippen LogP contribution in [0.3, 0.4) is 0 Å². The minimum atomic E-state index is -0.326. The van der Waals surface area contributed by atoms with Gasteiger partial charge in [-0.05, 0) is 45.6 Å². The van der Waals surface area contributed by atoms with Gasteiger partial charge in [-0.25, -0.2) is 4.39 Å². The topological polar surface area (TPSA) is 38.0 Å². The predicted molar refractivity (Wildman–Crippen MR) is 70.2 cm³/mol. The van der Waals surface area contributed by atoms with Gasteiger partial charge in [0.1, 0.15) is 5.82 Å². The molecule has 0 fully saturated rings. The van der Waals surface area contributed by atoms with Crippen LogP contribution in [-0.4, -0.2) is 0 Å². The molecule has 1 heterocycles. The predicted octanol–water partition coefficient (Wildman–Crippen LogP) is 3.84. The normalized spacial score (nSPS) is 10.4. The number of rotatable bonds is 3. The first-order chi connectivity index (χ1) is 7.65. The molecule has 0 bridgehead atoms. The molecule has 3 N–H and O–H groups in total. The van der Waals surface area contributed by atoms with Gasteiger partial charge in [-0.3, -0.25) is 0 Å². The third-order valence-electron chi connectivity index (χ3n) is 2.06. The van der Waals surface area contributed by atoms with Crippen LogP contribution in [-0.2, 0) is 6.54 Å². The molecule has 0 spiro atoms. The minimum Gasteiger partial charge on any atom is -0.399 e. The quantitative estimate of drug-likeness (QED) is 0.845. The number of anilines is 2. The summed E-state index contributed by atoms with van der Waals surface area (Å²) in [5.41, 5.74) is 6.67. The van der Waals surface area contributed by atoms with E-state index < -0.39 is 0 Å². The summed E-state index contributed by atoms with van der Waals surface area (Å²) < 4.78 is 14.1. The fraction of sp³-hybridized carbons (Fsp3) is 0.0909. The minimum absolute atomic E-state index is 0.326. The molecule has 84 valence electrons. The molecule has 0 radical (unpaired) electrons. The molecule has 1 aromatic heterocycles. The molecule has 2 rings (SSSR count). The highest BCUT2D eigenvalue weighted by Gasteiger charge is 2.02. The molecule has 0 saturated heterocycles. The van der Waals surface area contributed by atoms with Crippen molar-refractivity contribution in [3.63, 3.8) is 0 Å². The molecule has 0 amide bonds. The van der Waals surface area contributed by atoms with Gasteiger partial charge in [0.15, 0.2) is 0 Å². The van der Waals surface area contributed by atoms with Crippen LogP contribution < -0.4 is 11.1 Å². The number of thiophene rings is 1. The van der Waals surface area contributed by atoms with E-state index in [0.29, 0.717) is 17.9 Å². The molecular weight excluding hydrogens is 291 g/mol. The standard InChI is InChI=1S/C11H10BrFN2S/c12-10-1-2-16-11(10)6-15-9-4-7(13)3-8(14)5-9/h1-5,15H,6,14H2. The van der Waals surface area contributed by atoms with E-state index in [1.54, 1.807) is 17.4 Å². The lowest BCUT2D eigenvalue weighted by atomic mass is 10.2. The number of nitrogens with one attached hydrogen (secondary N) is 1. The van der Waals surface area contributed by atoms with Crippen LogP contribution in [0.2, 0.25) is 0 Å². The van der Waals surface area contributed by atoms with E-state index in [-0.39, 0.29) is 5.82 Å². The maximum absolute atomic E-state index is 13.0. The van der Waals surface area contributed by atoms with Crippen LogP contribution in [0.4, 0.5) is 15.8 Å². The van der Waals surface area contributed by atoms with E-state index in [2.05, 4.69) is 21.2 Å². The van der Waals surface area contributed by atoms with Crippen molar-refractivity contribution in [1.82, 2.24) is 0 Å². The van der Waals surface area contributed by atoms with Crippen LogP contribution >= 0.6 is 27.3 Å². The van der Waals surface area contributed by atoms with Gasteiger partial charge in [-0.1, -0.05) is 0 Å². The summed E-state index contributed by atoms with van der Waals surface area (Å²) in [7, 11) is 0. The van der Waals surface area contributed by atoms with Gasteiger partial charge in [0.2, 0.25) is 0 Å². The Labute approximate surface area is 105 Å². The summed E-state index contributed by atoms with van der Waals surface area (Å²) in [5.74, 6) is -0.326. The van der Waals surface area contributed by atoms with Crippen molar-refractivity contribution >= 4 is 38.6 Å². The summed E-state index contributed by atoms with van der Waals surface area (Å²) in [5, 5.41) is 5.13. The molecule has 2 aromatic rings. The molecule has 0 aliphatic rings. The van der Waals surface area contributed by atoms with Crippen LogP contribution in [0.25, 0.3) is 0 Å². The van der Waals surface area contributed by atoms with Crippen molar-refractivity contribution in [2.45, 2.75) is 6.54 Å². The van der Waals surface area contributed by atoms with Gasteiger partial charge in [0, 0.05) is 20.7 Å². The van der Waals surface area contributed by atoms with E-state index in [9.17, 15) is 4.39 Å². The van der Waals surface area contributed by atoms with E-state index in [4.69, 9.17) is 5.73 Å². The van der Waals surface area contributed by atoms with Crippen LogP contribution in [0.5, 0.6) is 0 Å². The van der Waals surface area contributed by atoms with E-state index in [1.165, 1.54) is 17.0 Å². The molecule has 0 aliphatic carbocycles. The Morgan fingerprint density at radius 2 is 2.19 bits per heavy atom. The van der Waals surface area contributed by atoms with Gasteiger partial charge in [0.05, 0.1) is 6.54 Å². The summed E-state index contributed by atoms with van der Waals surface area (Å²) in [6.07, 6.45) is 0. The highest BCUT2D eigenvalue weighted by Crippen LogP contribution is 2.24. The van der Waals surface area contributed by atoms with E-state index in [1.807, 2.05) is 11.4 Å². The molecule has 5 heteroatoms. The first-order valence-corrected chi connectivity index (χ1v) is 6.34. The molecule has 0 saturated carbocycles. The Bertz CT molecular complexity index is 478. The van der Waals surface area contributed by atoms with Gasteiger partial charge < -0.3 is 11.1 Å².